The van der Waals surface area contributed by atoms with Gasteiger partial charge in [-0.25, -0.2) is 0 Å². The summed E-state index contributed by atoms with van der Waals surface area (Å²) in [5.74, 6) is 0.693. The molecular weight excluding hydrogens is 388 g/mol. The summed E-state index contributed by atoms with van der Waals surface area (Å²) in [4.78, 5) is 21.8. The number of benzene rings is 2. The van der Waals surface area contributed by atoms with E-state index in [1.54, 1.807) is 53.4 Å². The lowest BCUT2D eigenvalue weighted by Gasteiger charge is -2.10. The Morgan fingerprint density at radius 2 is 1.66 bits per heavy atom. The van der Waals surface area contributed by atoms with Gasteiger partial charge in [0.25, 0.3) is 11.4 Å². The van der Waals surface area contributed by atoms with Crippen LogP contribution >= 0.6 is 11.6 Å². The van der Waals surface area contributed by atoms with Gasteiger partial charge < -0.3 is 4.52 Å². The first-order valence-electron chi connectivity index (χ1n) is 8.86. The number of halogens is 1. The second-order valence-corrected chi connectivity index (χ2v) is 6.81. The van der Waals surface area contributed by atoms with Gasteiger partial charge in [0.1, 0.15) is 5.69 Å². The second-order valence-electron chi connectivity index (χ2n) is 6.38. The van der Waals surface area contributed by atoms with E-state index in [0.717, 1.165) is 5.39 Å². The molecule has 2 aromatic carbocycles. The quantitative estimate of drug-likeness (QED) is 0.436. The summed E-state index contributed by atoms with van der Waals surface area (Å²) >= 11 is 6.00. The lowest BCUT2D eigenvalue weighted by molar-refractivity contribution is 0.432. The molecule has 0 amide bonds. The van der Waals surface area contributed by atoms with Crippen molar-refractivity contribution in [3.63, 3.8) is 0 Å². The fourth-order valence-electron chi connectivity index (χ4n) is 3.19. The molecule has 3 aromatic heterocycles. The minimum absolute atomic E-state index is 0.142. The zero-order valence-corrected chi connectivity index (χ0v) is 15.7. The number of hydrogen-bond acceptors (Lipinski definition) is 5. The molecule has 0 unspecified atom stereocenters. The molecule has 140 valence electrons. The van der Waals surface area contributed by atoms with Crippen LogP contribution in [0.25, 0.3) is 39.4 Å². The number of fused-ring (bicyclic) bond motifs is 1. The number of rotatable bonds is 3. The third-order valence-corrected chi connectivity index (χ3v) is 4.83. The molecule has 5 aromatic rings. The Morgan fingerprint density at radius 1 is 0.897 bits per heavy atom. The predicted molar refractivity (Wildman–Crippen MR) is 111 cm³/mol. The Bertz CT molecular complexity index is 1380. The third kappa shape index (κ3) is 3.09. The number of aromatic nitrogens is 4. The van der Waals surface area contributed by atoms with Crippen molar-refractivity contribution in [1.82, 2.24) is 19.7 Å². The minimum atomic E-state index is -0.142. The first kappa shape index (κ1) is 17.3. The molecule has 5 rings (SSSR count). The Hall–Kier alpha value is -3.77. The molecule has 0 saturated heterocycles. The Kier molecular flexibility index (Phi) is 4.18. The van der Waals surface area contributed by atoms with Crippen molar-refractivity contribution >= 4 is 22.4 Å². The van der Waals surface area contributed by atoms with Crippen LogP contribution in [0.1, 0.15) is 0 Å². The van der Waals surface area contributed by atoms with Crippen molar-refractivity contribution in [2.24, 2.45) is 0 Å². The van der Waals surface area contributed by atoms with E-state index in [2.05, 4.69) is 15.1 Å². The highest BCUT2D eigenvalue weighted by atomic mass is 35.5. The van der Waals surface area contributed by atoms with Gasteiger partial charge in [-0.2, -0.15) is 4.98 Å². The van der Waals surface area contributed by atoms with Gasteiger partial charge in [0.15, 0.2) is 0 Å². The molecule has 0 aliphatic heterocycles. The first-order chi connectivity index (χ1) is 14.2. The van der Waals surface area contributed by atoms with Gasteiger partial charge in [0.05, 0.1) is 5.56 Å². The highest BCUT2D eigenvalue weighted by Crippen LogP contribution is 2.28. The van der Waals surface area contributed by atoms with Crippen LogP contribution in [0.4, 0.5) is 0 Å². The van der Waals surface area contributed by atoms with E-state index < -0.39 is 0 Å². The van der Waals surface area contributed by atoms with Crippen LogP contribution in [0.3, 0.4) is 0 Å². The van der Waals surface area contributed by atoms with Crippen LogP contribution in [-0.2, 0) is 0 Å². The Morgan fingerprint density at radius 3 is 2.41 bits per heavy atom. The summed E-state index contributed by atoms with van der Waals surface area (Å²) in [5.41, 5.74) is 1.81. The molecule has 0 aliphatic rings. The topological polar surface area (TPSA) is 73.8 Å². The maximum atomic E-state index is 13.1. The molecule has 0 N–H and O–H groups in total. The number of hydrogen-bond donors (Lipinski definition) is 0. The maximum Gasteiger partial charge on any atom is 0.262 e. The van der Waals surface area contributed by atoms with Crippen LogP contribution in [-0.4, -0.2) is 19.7 Å². The van der Waals surface area contributed by atoms with Crippen LogP contribution < -0.4 is 5.56 Å². The van der Waals surface area contributed by atoms with Crippen molar-refractivity contribution in [3.8, 4) is 28.7 Å². The average Bonchev–Trinajstić information content (AvgIpc) is 3.26. The lowest BCUT2D eigenvalue weighted by Crippen LogP contribution is -2.18. The van der Waals surface area contributed by atoms with E-state index in [-0.39, 0.29) is 5.56 Å². The molecule has 0 saturated carbocycles. The van der Waals surface area contributed by atoms with Crippen molar-refractivity contribution in [2.45, 2.75) is 0 Å². The minimum Gasteiger partial charge on any atom is -0.333 e. The zero-order valence-electron chi connectivity index (χ0n) is 15.0. The van der Waals surface area contributed by atoms with Gasteiger partial charge in [-0.3, -0.25) is 14.3 Å². The van der Waals surface area contributed by atoms with Gasteiger partial charge in [0.2, 0.25) is 5.82 Å². The summed E-state index contributed by atoms with van der Waals surface area (Å²) in [6.45, 7) is 0. The molecule has 6 nitrogen and oxygen atoms in total. The van der Waals surface area contributed by atoms with E-state index in [1.165, 1.54) is 0 Å². The summed E-state index contributed by atoms with van der Waals surface area (Å²) in [6.07, 6.45) is 3.38. The monoisotopic (exact) mass is 400 g/mol. The largest absolute Gasteiger partial charge is 0.333 e. The van der Waals surface area contributed by atoms with Gasteiger partial charge in [-0.15, -0.1) is 0 Å². The summed E-state index contributed by atoms with van der Waals surface area (Å²) in [7, 11) is 0. The normalized spacial score (nSPS) is 11.1. The lowest BCUT2D eigenvalue weighted by atomic mass is 10.1. The molecule has 7 heteroatoms. The molecule has 3 heterocycles. The van der Waals surface area contributed by atoms with E-state index >= 15 is 0 Å². The summed E-state index contributed by atoms with van der Waals surface area (Å²) < 4.78 is 7.08. The van der Waals surface area contributed by atoms with Crippen molar-refractivity contribution < 1.29 is 4.52 Å². The van der Waals surface area contributed by atoms with Crippen LogP contribution in [0.15, 0.2) is 88.4 Å². The van der Waals surface area contributed by atoms with E-state index in [0.29, 0.717) is 39.1 Å². The molecule has 29 heavy (non-hydrogen) atoms. The molecular formula is C22H13ClN4O2. The SMILES string of the molecule is O=c1c2ccccc2c(-c2nc(-c3ccccn3)no2)cn1-c1ccc(Cl)cc1. The highest BCUT2D eigenvalue weighted by molar-refractivity contribution is 6.30. The molecule has 0 bridgehead atoms. The van der Waals surface area contributed by atoms with Gasteiger partial charge in [-0.05, 0) is 42.5 Å². The average molecular weight is 401 g/mol. The molecule has 0 aliphatic carbocycles. The molecule has 0 atom stereocenters. The van der Waals surface area contributed by atoms with Gasteiger partial charge >= 0.3 is 0 Å². The number of nitrogens with zero attached hydrogens (tertiary/aromatic N) is 4. The third-order valence-electron chi connectivity index (χ3n) is 4.58. The van der Waals surface area contributed by atoms with E-state index in [4.69, 9.17) is 16.1 Å². The smallest absolute Gasteiger partial charge is 0.262 e. The molecule has 0 fully saturated rings. The van der Waals surface area contributed by atoms with Crippen LogP contribution in [0, 0.1) is 0 Å². The van der Waals surface area contributed by atoms with Gasteiger partial charge in [-0.1, -0.05) is 41.0 Å². The van der Waals surface area contributed by atoms with Crippen molar-refractivity contribution in [3.05, 3.63) is 94.5 Å². The standard InChI is InChI=1S/C22H13ClN4O2/c23-14-8-10-15(11-9-14)27-13-18(16-5-1-2-6-17(16)22(27)28)21-25-20(26-29-21)19-7-3-4-12-24-19/h1-13H. The second kappa shape index (κ2) is 7.00. The van der Waals surface area contributed by atoms with Crippen molar-refractivity contribution in [1.29, 1.82) is 0 Å². The first-order valence-corrected chi connectivity index (χ1v) is 9.24. The summed E-state index contributed by atoms with van der Waals surface area (Å²) in [5, 5.41) is 5.94. The van der Waals surface area contributed by atoms with Crippen LogP contribution in [0.5, 0.6) is 0 Å². The fraction of sp³-hybridized carbons (Fsp3) is 0. The van der Waals surface area contributed by atoms with Crippen molar-refractivity contribution in [2.75, 3.05) is 0 Å². The zero-order chi connectivity index (χ0) is 19.8. The Balaban J connectivity index is 1.74. The fourth-order valence-corrected chi connectivity index (χ4v) is 3.31. The number of pyridine rings is 2. The predicted octanol–water partition coefficient (Wildman–Crippen LogP) is 4.76. The van der Waals surface area contributed by atoms with Crippen LogP contribution in [0.2, 0.25) is 5.02 Å². The maximum absolute atomic E-state index is 13.1. The van der Waals surface area contributed by atoms with Gasteiger partial charge in [0, 0.05) is 33.9 Å². The molecule has 0 spiro atoms. The Labute approximate surface area is 170 Å². The van der Waals surface area contributed by atoms with E-state index in [9.17, 15) is 4.79 Å². The molecule has 0 radical (unpaired) electrons. The van der Waals surface area contributed by atoms with E-state index in [1.807, 2.05) is 30.3 Å². The highest BCUT2D eigenvalue weighted by Gasteiger charge is 2.17. The summed E-state index contributed by atoms with van der Waals surface area (Å²) in [6, 6.07) is 19.9.